The van der Waals surface area contributed by atoms with Gasteiger partial charge >= 0.3 is 5.97 Å². The summed E-state index contributed by atoms with van der Waals surface area (Å²) in [6, 6.07) is 3.49. The molecule has 2 heterocycles. The number of fused-ring (bicyclic) bond motifs is 1. The van der Waals surface area contributed by atoms with Crippen molar-refractivity contribution in [1.82, 2.24) is 4.90 Å². The maximum atomic E-state index is 12.3. The van der Waals surface area contributed by atoms with Crippen molar-refractivity contribution in [3.8, 4) is 5.75 Å². The van der Waals surface area contributed by atoms with E-state index >= 15 is 0 Å². The molecule has 2 fully saturated rings. The highest BCUT2D eigenvalue weighted by Gasteiger charge is 2.63. The molecule has 2 N–H and O–H groups in total. The van der Waals surface area contributed by atoms with Crippen LogP contribution in [-0.2, 0) is 9.59 Å². The van der Waals surface area contributed by atoms with Gasteiger partial charge in [-0.15, -0.1) is 11.8 Å². The van der Waals surface area contributed by atoms with Crippen LogP contribution in [0.1, 0.15) is 19.4 Å². The zero-order valence-electron chi connectivity index (χ0n) is 12.4. The van der Waals surface area contributed by atoms with E-state index in [-0.39, 0.29) is 17.0 Å². The van der Waals surface area contributed by atoms with E-state index in [4.69, 9.17) is 0 Å². The molecule has 0 aromatic heterocycles. The molecule has 3 rings (SSSR count). The number of phenolic OH excluding ortho intramolecular Hbond substituents is 1. The minimum Gasteiger partial charge on any atom is -0.507 e. The van der Waals surface area contributed by atoms with Crippen LogP contribution >= 0.6 is 27.7 Å². The van der Waals surface area contributed by atoms with E-state index in [1.54, 1.807) is 12.1 Å². The average Bonchev–Trinajstić information content (AvgIpc) is 2.71. The molecule has 0 saturated carbocycles. The number of carbonyl (C=O) groups excluding carboxylic acids is 1. The fraction of sp³-hybridized carbons (Fsp3) is 0.400. The van der Waals surface area contributed by atoms with Gasteiger partial charge in [0.2, 0.25) is 0 Å². The number of aliphatic carboxylic acids is 1. The first-order valence-electron chi connectivity index (χ1n) is 6.97. The van der Waals surface area contributed by atoms with E-state index in [1.165, 1.54) is 28.9 Å². The molecule has 0 spiro atoms. The van der Waals surface area contributed by atoms with Crippen LogP contribution in [0.4, 0.5) is 0 Å². The molecule has 3 atom stereocenters. The molecule has 1 aromatic carbocycles. The monoisotopic (exact) mass is 398 g/mol. The lowest BCUT2D eigenvalue weighted by Gasteiger charge is -2.41. The fourth-order valence-electron chi connectivity index (χ4n) is 2.92. The number of aromatic hydroxyl groups is 1. The summed E-state index contributed by atoms with van der Waals surface area (Å²) < 4.78 is 0.231. The van der Waals surface area contributed by atoms with E-state index in [1.807, 2.05) is 13.8 Å². The van der Waals surface area contributed by atoms with Gasteiger partial charge in [-0.2, -0.15) is 0 Å². The lowest BCUT2D eigenvalue weighted by molar-refractivity contribution is -0.158. The third-order valence-corrected chi connectivity index (χ3v) is 6.06. The Kier molecular flexibility index (Phi) is 3.92. The summed E-state index contributed by atoms with van der Waals surface area (Å²) >= 11 is 4.76. The lowest BCUT2D eigenvalue weighted by Crippen LogP contribution is -2.64. The standard InChI is InChI=1S/C15H15BrN2O4S/c1-15(2)11(14(21)22)18-12(20)10(13(18)23-15)17-6-7-5-8(16)3-4-9(7)19/h3-6,10-11,13,19H,1-2H3,(H,21,22)/t10-,11+,13-/m1/s1. The minimum atomic E-state index is -0.995. The molecular weight excluding hydrogens is 384 g/mol. The topological polar surface area (TPSA) is 90.2 Å². The van der Waals surface area contributed by atoms with Crippen LogP contribution in [0.2, 0.25) is 0 Å². The summed E-state index contributed by atoms with van der Waals surface area (Å²) in [4.78, 5) is 29.4. The third kappa shape index (κ3) is 2.63. The maximum Gasteiger partial charge on any atom is 0.327 e. The van der Waals surface area contributed by atoms with E-state index in [9.17, 15) is 19.8 Å². The van der Waals surface area contributed by atoms with Gasteiger partial charge in [0.15, 0.2) is 6.04 Å². The number of β-lactam (4-membered cyclic amide) rings is 1. The summed E-state index contributed by atoms with van der Waals surface area (Å²) in [6.45, 7) is 3.64. The van der Waals surface area contributed by atoms with E-state index < -0.39 is 22.8 Å². The number of nitrogens with zero attached hydrogens (tertiary/aromatic N) is 2. The number of rotatable bonds is 3. The molecule has 1 aromatic rings. The van der Waals surface area contributed by atoms with Gasteiger partial charge < -0.3 is 15.1 Å². The molecule has 0 bridgehead atoms. The van der Waals surface area contributed by atoms with Crippen LogP contribution in [0.25, 0.3) is 0 Å². The molecule has 0 radical (unpaired) electrons. The first-order valence-corrected chi connectivity index (χ1v) is 8.64. The second-order valence-electron chi connectivity index (χ2n) is 6.02. The van der Waals surface area contributed by atoms with Crippen molar-refractivity contribution in [2.45, 2.75) is 36.1 Å². The number of carbonyl (C=O) groups is 2. The number of carboxylic acids is 1. The number of phenols is 1. The number of carboxylic acid groups (broad SMARTS) is 1. The molecule has 0 aliphatic carbocycles. The number of halogens is 1. The van der Waals surface area contributed by atoms with Crippen molar-refractivity contribution in [3.05, 3.63) is 28.2 Å². The SMILES string of the molecule is CC1(C)S[C@@H]2[C@H](N=Cc3cc(Br)ccc3O)C(=O)N2[C@H]1C(=O)O. The number of hydrogen-bond acceptors (Lipinski definition) is 5. The number of amides is 1. The van der Waals surface area contributed by atoms with Gasteiger partial charge in [-0.3, -0.25) is 9.79 Å². The Balaban J connectivity index is 1.82. The van der Waals surface area contributed by atoms with Crippen LogP contribution in [0, 0.1) is 0 Å². The number of aliphatic imine (C=N–C) groups is 1. The molecule has 2 saturated heterocycles. The van der Waals surface area contributed by atoms with Crippen molar-refractivity contribution in [1.29, 1.82) is 0 Å². The molecule has 1 amide bonds. The van der Waals surface area contributed by atoms with Gasteiger partial charge in [-0.1, -0.05) is 15.9 Å². The van der Waals surface area contributed by atoms with E-state index in [0.717, 1.165) is 4.47 Å². The first kappa shape index (κ1) is 16.3. The lowest BCUT2D eigenvalue weighted by atomic mass is 9.96. The minimum absolute atomic E-state index is 0.0726. The zero-order chi connectivity index (χ0) is 16.9. The van der Waals surface area contributed by atoms with Crippen molar-refractivity contribution in [2.75, 3.05) is 0 Å². The van der Waals surface area contributed by atoms with Crippen LogP contribution in [0.3, 0.4) is 0 Å². The van der Waals surface area contributed by atoms with Crippen molar-refractivity contribution in [3.63, 3.8) is 0 Å². The molecule has 2 aliphatic heterocycles. The van der Waals surface area contributed by atoms with Crippen LogP contribution in [0.5, 0.6) is 5.75 Å². The van der Waals surface area contributed by atoms with Gasteiger partial charge in [-0.25, -0.2) is 4.79 Å². The second kappa shape index (κ2) is 5.52. The van der Waals surface area contributed by atoms with Gasteiger partial charge in [0.25, 0.3) is 5.91 Å². The Morgan fingerprint density at radius 1 is 1.48 bits per heavy atom. The Hall–Kier alpha value is -1.54. The molecule has 122 valence electrons. The van der Waals surface area contributed by atoms with Crippen LogP contribution in [0.15, 0.2) is 27.7 Å². The summed E-state index contributed by atoms with van der Waals surface area (Å²) in [5.41, 5.74) is 0.502. The van der Waals surface area contributed by atoms with E-state index in [0.29, 0.717) is 5.56 Å². The smallest absolute Gasteiger partial charge is 0.327 e. The van der Waals surface area contributed by atoms with Crippen molar-refractivity contribution in [2.24, 2.45) is 4.99 Å². The highest BCUT2D eigenvalue weighted by atomic mass is 79.9. The number of hydrogen-bond donors (Lipinski definition) is 2. The van der Waals surface area contributed by atoms with Gasteiger partial charge in [0.1, 0.15) is 17.2 Å². The van der Waals surface area contributed by atoms with Crippen molar-refractivity contribution < 1.29 is 19.8 Å². The number of benzene rings is 1. The van der Waals surface area contributed by atoms with Crippen LogP contribution in [-0.4, -0.2) is 55.4 Å². The largest absolute Gasteiger partial charge is 0.507 e. The molecule has 8 heteroatoms. The van der Waals surface area contributed by atoms with E-state index in [2.05, 4.69) is 20.9 Å². The van der Waals surface area contributed by atoms with Gasteiger partial charge in [-0.05, 0) is 32.0 Å². The highest BCUT2D eigenvalue weighted by molar-refractivity contribution is 9.10. The zero-order valence-corrected chi connectivity index (χ0v) is 14.8. The Labute approximate surface area is 145 Å². The Morgan fingerprint density at radius 2 is 2.17 bits per heavy atom. The highest BCUT2D eigenvalue weighted by Crippen LogP contribution is 2.51. The van der Waals surface area contributed by atoms with Gasteiger partial charge in [0.05, 0.1) is 0 Å². The predicted octanol–water partition coefficient (Wildman–Crippen LogP) is 2.09. The quantitative estimate of drug-likeness (QED) is 0.600. The predicted molar refractivity (Wildman–Crippen MR) is 90.9 cm³/mol. The molecule has 23 heavy (non-hydrogen) atoms. The molecule has 6 nitrogen and oxygen atoms in total. The number of thioether (sulfide) groups is 1. The summed E-state index contributed by atoms with van der Waals surface area (Å²) in [7, 11) is 0. The first-order chi connectivity index (χ1) is 10.7. The van der Waals surface area contributed by atoms with Gasteiger partial charge in [0, 0.05) is 21.0 Å². The molecule has 0 unspecified atom stereocenters. The summed E-state index contributed by atoms with van der Waals surface area (Å²) in [5.74, 6) is -1.21. The van der Waals surface area contributed by atoms with Crippen molar-refractivity contribution >= 4 is 45.8 Å². The van der Waals surface area contributed by atoms with Crippen LogP contribution < -0.4 is 0 Å². The Morgan fingerprint density at radius 3 is 2.83 bits per heavy atom. The fourth-order valence-corrected chi connectivity index (χ4v) is 4.92. The maximum absolute atomic E-state index is 12.3. The molecule has 2 aliphatic rings. The third-order valence-electron chi connectivity index (χ3n) is 4.01. The summed E-state index contributed by atoms with van der Waals surface area (Å²) in [5, 5.41) is 18.9. The molecular formula is C15H15BrN2O4S. The average molecular weight is 399 g/mol. The second-order valence-corrected chi connectivity index (χ2v) is 8.71. The summed E-state index contributed by atoms with van der Waals surface area (Å²) in [6.07, 6.45) is 1.46. The Bertz CT molecular complexity index is 721. The normalized spacial score (nSPS) is 28.7.